The summed E-state index contributed by atoms with van der Waals surface area (Å²) in [7, 11) is 0. The van der Waals surface area contributed by atoms with Crippen LogP contribution in [0.15, 0.2) is 60.0 Å². The van der Waals surface area contributed by atoms with Gasteiger partial charge in [0, 0.05) is 31.3 Å². The quantitative estimate of drug-likeness (QED) is 0.265. The van der Waals surface area contributed by atoms with Crippen LogP contribution in [0.1, 0.15) is 47.4 Å². The van der Waals surface area contributed by atoms with Crippen molar-refractivity contribution in [2.24, 2.45) is 0 Å². The normalized spacial score (nSPS) is 18.1. The first-order valence-electron chi connectivity index (χ1n) is 13.8. The Morgan fingerprint density at radius 2 is 1.79 bits per heavy atom. The zero-order valence-corrected chi connectivity index (χ0v) is 24.5. The third-order valence-corrected chi connectivity index (χ3v) is 8.11. The fourth-order valence-electron chi connectivity index (χ4n) is 4.97. The number of hydrogen-bond acceptors (Lipinski definition) is 9. The number of rotatable bonds is 10. The van der Waals surface area contributed by atoms with Crippen LogP contribution in [-0.4, -0.2) is 83.3 Å². The molecule has 2 aliphatic rings. The summed E-state index contributed by atoms with van der Waals surface area (Å²) in [6, 6.07) is 12.7. The number of hydrogen-bond donors (Lipinski definition) is 2. The molecular weight excluding hydrogens is 574 g/mol. The Labute approximate surface area is 252 Å². The molecular formula is C30H31N5O7S. The van der Waals surface area contributed by atoms with E-state index in [4.69, 9.17) is 9.47 Å². The molecule has 2 aliphatic heterocycles. The Morgan fingerprint density at radius 1 is 1.09 bits per heavy atom. The van der Waals surface area contributed by atoms with Crippen LogP contribution in [-0.2, 0) is 19.1 Å². The minimum absolute atomic E-state index is 0.132. The van der Waals surface area contributed by atoms with Gasteiger partial charge in [-0.3, -0.25) is 19.2 Å². The van der Waals surface area contributed by atoms with E-state index in [2.05, 4.69) is 15.6 Å². The lowest BCUT2D eigenvalue weighted by molar-refractivity contribution is -0.137. The molecule has 3 heterocycles. The number of morpholine rings is 1. The first kappa shape index (κ1) is 29.9. The van der Waals surface area contributed by atoms with Crippen LogP contribution in [0.5, 0.6) is 5.75 Å². The fourth-order valence-corrected chi connectivity index (χ4v) is 5.72. The van der Waals surface area contributed by atoms with Gasteiger partial charge in [0.2, 0.25) is 5.91 Å². The van der Waals surface area contributed by atoms with Crippen LogP contribution >= 0.6 is 11.3 Å². The zero-order valence-electron chi connectivity index (χ0n) is 23.6. The minimum atomic E-state index is -1.21. The van der Waals surface area contributed by atoms with Crippen molar-refractivity contribution >= 4 is 46.0 Å². The second kappa shape index (κ2) is 13.1. The highest BCUT2D eigenvalue weighted by Crippen LogP contribution is 2.32. The molecule has 0 aliphatic carbocycles. The van der Waals surface area contributed by atoms with Crippen molar-refractivity contribution in [3.63, 3.8) is 0 Å². The van der Waals surface area contributed by atoms with E-state index in [1.54, 1.807) is 36.1 Å². The number of Topliss-reactive ketones (excluding diaryl/α,β-unsaturated/α-hetero) is 1. The molecule has 2 aromatic carbocycles. The Bertz CT molecular complexity index is 1500. The van der Waals surface area contributed by atoms with Gasteiger partial charge in [-0.05, 0) is 23.3 Å². The molecule has 1 aromatic heterocycles. The van der Waals surface area contributed by atoms with E-state index < -0.39 is 35.8 Å². The number of carbonyl (C=O) groups excluding carboxylic acids is 5. The number of thiazole rings is 1. The SMILES string of the molecule is CC(=O)c1csc(NC(=O)[C@H]([C@@H](C)c2ccccc2)N2C(=O)NC(c3ccc(OCC(=O)N4CCOCC4)cc3)C2=O)n1. The van der Waals surface area contributed by atoms with Gasteiger partial charge in [-0.2, -0.15) is 0 Å². The average Bonchev–Trinajstić information content (AvgIpc) is 3.61. The van der Waals surface area contributed by atoms with Crippen LogP contribution in [0, 0.1) is 0 Å². The van der Waals surface area contributed by atoms with Crippen molar-refractivity contribution in [1.82, 2.24) is 20.1 Å². The van der Waals surface area contributed by atoms with Crippen LogP contribution in [0.2, 0.25) is 0 Å². The number of urea groups is 1. The lowest BCUT2D eigenvalue weighted by atomic mass is 9.91. The molecule has 2 saturated heterocycles. The minimum Gasteiger partial charge on any atom is -0.484 e. The smallest absolute Gasteiger partial charge is 0.325 e. The Kier molecular flexibility index (Phi) is 9.12. The topological polar surface area (TPSA) is 147 Å². The molecule has 3 aromatic rings. The molecule has 0 saturated carbocycles. The zero-order chi connectivity index (χ0) is 30.5. The maximum absolute atomic E-state index is 13.7. The Hall–Kier alpha value is -4.62. The van der Waals surface area contributed by atoms with Gasteiger partial charge in [0.05, 0.1) is 13.2 Å². The molecule has 5 rings (SSSR count). The first-order chi connectivity index (χ1) is 20.7. The summed E-state index contributed by atoms with van der Waals surface area (Å²) in [5, 5.41) is 7.09. The van der Waals surface area contributed by atoms with Crippen molar-refractivity contribution in [3.05, 3.63) is 76.8 Å². The largest absolute Gasteiger partial charge is 0.484 e. The molecule has 0 spiro atoms. The van der Waals surface area contributed by atoms with Gasteiger partial charge in [-0.25, -0.2) is 14.7 Å². The van der Waals surface area contributed by atoms with E-state index >= 15 is 0 Å². The summed E-state index contributed by atoms with van der Waals surface area (Å²) >= 11 is 1.08. The van der Waals surface area contributed by atoms with E-state index in [0.717, 1.165) is 21.8 Å². The predicted molar refractivity (Wildman–Crippen MR) is 157 cm³/mol. The number of nitrogens with zero attached hydrogens (tertiary/aromatic N) is 3. The third kappa shape index (κ3) is 6.73. The molecule has 3 atom stereocenters. The average molecular weight is 606 g/mol. The van der Waals surface area contributed by atoms with Crippen LogP contribution < -0.4 is 15.4 Å². The number of benzene rings is 2. The highest BCUT2D eigenvalue weighted by molar-refractivity contribution is 7.14. The van der Waals surface area contributed by atoms with E-state index in [1.807, 2.05) is 30.3 Å². The number of aromatic nitrogens is 1. The lowest BCUT2D eigenvalue weighted by Gasteiger charge is -2.29. The van der Waals surface area contributed by atoms with E-state index in [-0.39, 0.29) is 29.1 Å². The van der Waals surface area contributed by atoms with Crippen LogP contribution in [0.25, 0.3) is 0 Å². The van der Waals surface area contributed by atoms with Gasteiger partial charge in [-0.1, -0.05) is 49.4 Å². The van der Waals surface area contributed by atoms with Crippen molar-refractivity contribution in [3.8, 4) is 5.75 Å². The molecule has 224 valence electrons. The summed E-state index contributed by atoms with van der Waals surface area (Å²) in [4.78, 5) is 71.5. The highest BCUT2D eigenvalue weighted by Gasteiger charge is 2.47. The number of nitrogens with one attached hydrogen (secondary N) is 2. The molecule has 12 nitrogen and oxygen atoms in total. The summed E-state index contributed by atoms with van der Waals surface area (Å²) in [6.45, 7) is 5.04. The molecule has 0 radical (unpaired) electrons. The summed E-state index contributed by atoms with van der Waals surface area (Å²) in [5.74, 6) is -1.73. The number of ether oxygens (including phenoxy) is 2. The molecule has 0 bridgehead atoms. The van der Waals surface area contributed by atoms with Crippen molar-refractivity contribution in [2.45, 2.75) is 31.8 Å². The second-order valence-electron chi connectivity index (χ2n) is 10.2. The van der Waals surface area contributed by atoms with E-state index in [9.17, 15) is 24.0 Å². The van der Waals surface area contributed by atoms with E-state index in [1.165, 1.54) is 12.3 Å². The van der Waals surface area contributed by atoms with E-state index in [0.29, 0.717) is 37.6 Å². The molecule has 43 heavy (non-hydrogen) atoms. The number of imide groups is 1. The van der Waals surface area contributed by atoms with Gasteiger partial charge in [0.25, 0.3) is 11.8 Å². The maximum atomic E-state index is 13.7. The maximum Gasteiger partial charge on any atom is 0.325 e. The molecule has 5 amide bonds. The fraction of sp³-hybridized carbons (Fsp3) is 0.333. The number of carbonyl (C=O) groups is 5. The number of anilines is 1. The standard InChI is InChI=1S/C30H31N5O7S/c1-18(20-6-4-3-5-7-20)26(27(38)33-29-31-23(17-43-29)19(2)36)35-28(39)25(32-30(35)40)21-8-10-22(11-9-21)42-16-24(37)34-12-14-41-15-13-34/h3-11,17-18,25-26H,12-16H2,1-2H3,(H,32,40)(H,31,33,38)/t18-,25?,26-/m0/s1. The number of amides is 5. The summed E-state index contributed by atoms with van der Waals surface area (Å²) in [5.41, 5.74) is 1.45. The van der Waals surface area contributed by atoms with Gasteiger partial charge in [-0.15, -0.1) is 11.3 Å². The summed E-state index contributed by atoms with van der Waals surface area (Å²) in [6.07, 6.45) is 0. The lowest BCUT2D eigenvalue weighted by Crippen LogP contribution is -2.50. The second-order valence-corrected chi connectivity index (χ2v) is 11.0. The molecule has 13 heteroatoms. The molecule has 2 N–H and O–H groups in total. The predicted octanol–water partition coefficient (Wildman–Crippen LogP) is 2.99. The van der Waals surface area contributed by atoms with Crippen molar-refractivity contribution in [1.29, 1.82) is 0 Å². The molecule has 1 unspecified atom stereocenters. The van der Waals surface area contributed by atoms with Gasteiger partial charge in [0.15, 0.2) is 17.5 Å². The van der Waals surface area contributed by atoms with Gasteiger partial charge >= 0.3 is 6.03 Å². The molecule has 2 fully saturated rings. The third-order valence-electron chi connectivity index (χ3n) is 7.35. The van der Waals surface area contributed by atoms with Crippen molar-refractivity contribution < 1.29 is 33.4 Å². The summed E-state index contributed by atoms with van der Waals surface area (Å²) < 4.78 is 10.9. The number of ketones is 1. The Morgan fingerprint density at radius 3 is 2.44 bits per heavy atom. The van der Waals surface area contributed by atoms with Crippen LogP contribution in [0.4, 0.5) is 9.93 Å². The van der Waals surface area contributed by atoms with Crippen molar-refractivity contribution in [2.75, 3.05) is 38.2 Å². The van der Waals surface area contributed by atoms with Gasteiger partial charge < -0.3 is 25.0 Å². The first-order valence-corrected chi connectivity index (χ1v) is 14.6. The monoisotopic (exact) mass is 605 g/mol. The van der Waals surface area contributed by atoms with Crippen LogP contribution in [0.3, 0.4) is 0 Å². The highest BCUT2D eigenvalue weighted by atomic mass is 32.1. The Balaban J connectivity index is 1.32. The van der Waals surface area contributed by atoms with Gasteiger partial charge in [0.1, 0.15) is 23.5 Å².